The Bertz CT molecular complexity index is 1680. The topological polar surface area (TPSA) is 111 Å². The fourth-order valence-electron chi connectivity index (χ4n) is 6.59. The average molecular weight is 798 g/mol. The molecule has 2 fully saturated rings. The highest BCUT2D eigenvalue weighted by molar-refractivity contribution is 7.09. The first-order chi connectivity index (χ1) is 24.5. The molecule has 2 saturated heterocycles. The summed E-state index contributed by atoms with van der Waals surface area (Å²) in [6, 6.07) is 10.3. The monoisotopic (exact) mass is 795 g/mol. The lowest BCUT2D eigenvalue weighted by Crippen LogP contribution is -2.57. The quantitative estimate of drug-likeness (QED) is 0.140. The van der Waals surface area contributed by atoms with E-state index in [0.717, 1.165) is 49.5 Å². The smallest absolute Gasteiger partial charge is 0.320 e. The first kappa shape index (κ1) is 39.1. The van der Waals surface area contributed by atoms with Crippen molar-refractivity contribution in [3.63, 3.8) is 0 Å². The van der Waals surface area contributed by atoms with E-state index in [9.17, 15) is 14.4 Å². The summed E-state index contributed by atoms with van der Waals surface area (Å²) >= 11 is 26.6. The minimum atomic E-state index is -0.264. The Balaban J connectivity index is 1.20. The van der Waals surface area contributed by atoms with E-state index in [0.29, 0.717) is 57.4 Å². The van der Waals surface area contributed by atoms with Crippen LogP contribution in [0.15, 0.2) is 53.1 Å². The van der Waals surface area contributed by atoms with E-state index in [1.165, 1.54) is 18.4 Å². The summed E-state index contributed by atoms with van der Waals surface area (Å²) < 4.78 is 0. The zero-order valence-corrected chi connectivity index (χ0v) is 32.3. The second kappa shape index (κ2) is 18.6. The summed E-state index contributed by atoms with van der Waals surface area (Å²) in [6.07, 6.45) is 4.84. The molecule has 274 valence electrons. The van der Waals surface area contributed by atoms with E-state index >= 15 is 0 Å². The number of halogens is 4. The molecule has 51 heavy (non-hydrogen) atoms. The van der Waals surface area contributed by atoms with Gasteiger partial charge in [0.05, 0.1) is 28.8 Å². The number of thiazole rings is 1. The van der Waals surface area contributed by atoms with Crippen molar-refractivity contribution in [3.05, 3.63) is 84.2 Å². The summed E-state index contributed by atoms with van der Waals surface area (Å²) in [4.78, 5) is 56.5. The molecular weight excluding hydrogens is 756 g/mol. The van der Waals surface area contributed by atoms with Gasteiger partial charge in [-0.1, -0.05) is 57.6 Å². The molecule has 2 aliphatic rings. The normalized spacial score (nSPS) is 16.7. The Labute approximate surface area is 322 Å². The van der Waals surface area contributed by atoms with Crippen LogP contribution in [0.4, 0.5) is 4.79 Å². The molecule has 1 N–H and O–H groups in total. The molecule has 0 aliphatic carbocycles. The highest BCUT2D eigenvalue weighted by atomic mass is 35.5. The van der Waals surface area contributed by atoms with Gasteiger partial charge in [-0.05, 0) is 68.1 Å². The molecule has 1 atom stereocenters. The van der Waals surface area contributed by atoms with Gasteiger partial charge in [0, 0.05) is 72.4 Å². The molecule has 0 radical (unpaired) electrons. The van der Waals surface area contributed by atoms with Crippen molar-refractivity contribution in [3.8, 4) is 0 Å². The number of benzene rings is 2. The van der Waals surface area contributed by atoms with Crippen LogP contribution in [-0.2, 0) is 16.2 Å². The number of nitrogens with one attached hydrogen (secondary N) is 1. The van der Waals surface area contributed by atoms with Gasteiger partial charge in [0.1, 0.15) is 18.7 Å². The van der Waals surface area contributed by atoms with Gasteiger partial charge in [-0.2, -0.15) is 0 Å². The molecule has 1 aromatic heterocycles. The van der Waals surface area contributed by atoms with Crippen LogP contribution in [0.2, 0.25) is 20.1 Å². The van der Waals surface area contributed by atoms with Gasteiger partial charge >= 0.3 is 6.03 Å². The summed E-state index contributed by atoms with van der Waals surface area (Å²) in [5.74, 6) is -0.692. The predicted molar refractivity (Wildman–Crippen MR) is 203 cm³/mol. The third kappa shape index (κ3) is 10.7. The molecular formula is C35H41Cl4N7O4S. The zero-order valence-electron chi connectivity index (χ0n) is 28.5. The predicted octanol–water partition coefficient (Wildman–Crippen LogP) is 6.91. The molecule has 3 heterocycles. The van der Waals surface area contributed by atoms with Crippen LogP contribution in [0.5, 0.6) is 0 Å². The standard InChI is InChI=1S/C35H41Cl4N7O4S/c1-43(34(48)24-16-25(36)19-26(37)17-24)21-31(42-50-2)28(23-4-5-29(38)30(39)18-23)8-14-44-12-6-27(7-13-44)46-11-3-10-45(35(46)49)22-32(47)41-20-33-40-9-15-51-33/h4-5,9,15-19,27-28H,3,6-8,10-14,20-22H2,1-2H3,(H,41,47)/b42-31+. The molecule has 1 unspecified atom stereocenters. The highest BCUT2D eigenvalue weighted by Gasteiger charge is 2.34. The number of piperidine rings is 1. The third-order valence-electron chi connectivity index (χ3n) is 9.14. The van der Waals surface area contributed by atoms with Gasteiger partial charge in [-0.15, -0.1) is 11.3 Å². The number of carbonyl (C=O) groups is 3. The number of hydrogen-bond acceptors (Lipinski definition) is 8. The molecule has 2 aliphatic heterocycles. The molecule has 3 aromatic rings. The van der Waals surface area contributed by atoms with Gasteiger partial charge in [-0.3, -0.25) is 9.59 Å². The van der Waals surface area contributed by atoms with Gasteiger partial charge in [-0.25, -0.2) is 9.78 Å². The van der Waals surface area contributed by atoms with Crippen LogP contribution in [0.3, 0.4) is 0 Å². The lowest BCUT2D eigenvalue weighted by atomic mass is 9.89. The molecule has 11 nitrogen and oxygen atoms in total. The summed E-state index contributed by atoms with van der Waals surface area (Å²) in [6.45, 7) is 4.18. The molecule has 4 amide bonds. The first-order valence-corrected chi connectivity index (χ1v) is 19.1. The van der Waals surface area contributed by atoms with Crippen molar-refractivity contribution in [2.45, 2.75) is 44.2 Å². The van der Waals surface area contributed by atoms with Crippen molar-refractivity contribution in [1.29, 1.82) is 0 Å². The van der Waals surface area contributed by atoms with Crippen molar-refractivity contribution in [2.75, 3.05) is 60.0 Å². The number of rotatable bonds is 14. The number of nitrogens with zero attached hydrogens (tertiary/aromatic N) is 6. The number of likely N-dealkylation sites (tertiary alicyclic amines) is 1. The van der Waals surface area contributed by atoms with E-state index in [-0.39, 0.29) is 42.9 Å². The minimum absolute atomic E-state index is 0.0364. The molecule has 0 bridgehead atoms. The number of oxime groups is 1. The van der Waals surface area contributed by atoms with Crippen molar-refractivity contribution >= 4 is 81.3 Å². The van der Waals surface area contributed by atoms with E-state index in [2.05, 4.69) is 20.4 Å². The Morgan fingerprint density at radius 1 is 1.06 bits per heavy atom. The lowest BCUT2D eigenvalue weighted by Gasteiger charge is -2.43. The van der Waals surface area contributed by atoms with Gasteiger partial charge in [0.2, 0.25) is 5.91 Å². The number of urea groups is 1. The molecule has 0 saturated carbocycles. The van der Waals surface area contributed by atoms with Crippen LogP contribution in [0.1, 0.15) is 52.5 Å². The fraction of sp³-hybridized carbons (Fsp3) is 0.457. The number of carbonyl (C=O) groups excluding carboxylic acids is 3. The van der Waals surface area contributed by atoms with Crippen LogP contribution in [0, 0.1) is 0 Å². The van der Waals surface area contributed by atoms with E-state index in [1.807, 2.05) is 22.4 Å². The Hall–Kier alpha value is -3.13. The number of aromatic nitrogens is 1. The van der Waals surface area contributed by atoms with Crippen molar-refractivity contribution in [2.24, 2.45) is 5.16 Å². The van der Waals surface area contributed by atoms with Gasteiger partial charge < -0.3 is 29.8 Å². The molecule has 2 aromatic carbocycles. The maximum Gasteiger partial charge on any atom is 0.320 e. The van der Waals surface area contributed by atoms with Gasteiger partial charge in [0.25, 0.3) is 5.91 Å². The Morgan fingerprint density at radius 3 is 2.47 bits per heavy atom. The number of amides is 4. The Morgan fingerprint density at radius 2 is 1.80 bits per heavy atom. The SMILES string of the molecule is CO/N=C(\CN(C)C(=O)c1cc(Cl)cc(Cl)c1)C(CCN1CCC(N2CCCN(CC(=O)NCc3nccs3)C2=O)CC1)c1ccc(Cl)c(Cl)c1. The maximum atomic E-state index is 13.5. The van der Waals surface area contributed by atoms with Crippen LogP contribution < -0.4 is 5.32 Å². The molecule has 16 heteroatoms. The van der Waals surface area contributed by atoms with Crippen LogP contribution >= 0.6 is 57.7 Å². The van der Waals surface area contributed by atoms with Crippen LogP contribution in [-0.4, -0.2) is 114 Å². The van der Waals surface area contributed by atoms with E-state index in [4.69, 9.17) is 51.2 Å². The third-order valence-corrected chi connectivity index (χ3v) is 11.1. The highest BCUT2D eigenvalue weighted by Crippen LogP contribution is 2.31. The minimum Gasteiger partial charge on any atom is -0.399 e. The van der Waals surface area contributed by atoms with E-state index < -0.39 is 0 Å². The maximum absolute atomic E-state index is 13.5. The van der Waals surface area contributed by atoms with Crippen molar-refractivity contribution < 1.29 is 19.2 Å². The van der Waals surface area contributed by atoms with Crippen LogP contribution in [0.25, 0.3) is 0 Å². The largest absolute Gasteiger partial charge is 0.399 e. The molecule has 0 spiro atoms. The summed E-state index contributed by atoms with van der Waals surface area (Å²) in [5, 5.41) is 11.6. The second-order valence-electron chi connectivity index (χ2n) is 12.6. The summed E-state index contributed by atoms with van der Waals surface area (Å²) in [7, 11) is 3.17. The first-order valence-electron chi connectivity index (χ1n) is 16.7. The lowest BCUT2D eigenvalue weighted by molar-refractivity contribution is -0.122. The fourth-order valence-corrected chi connectivity index (χ4v) is 7.98. The number of hydrogen-bond donors (Lipinski definition) is 1. The van der Waals surface area contributed by atoms with E-state index in [1.54, 1.807) is 47.3 Å². The Kier molecular flexibility index (Phi) is 14.2. The molecule has 5 rings (SSSR count). The van der Waals surface area contributed by atoms with Crippen molar-refractivity contribution in [1.82, 2.24) is 29.9 Å². The zero-order chi connectivity index (χ0) is 36.5. The summed E-state index contributed by atoms with van der Waals surface area (Å²) in [5.41, 5.74) is 1.91. The van der Waals surface area contributed by atoms with Gasteiger partial charge in [0.15, 0.2) is 0 Å². The second-order valence-corrected chi connectivity index (χ2v) is 15.3. The average Bonchev–Trinajstić information content (AvgIpc) is 3.63.